The first kappa shape index (κ1) is 14.4. The summed E-state index contributed by atoms with van der Waals surface area (Å²) in [7, 11) is 1.66. The summed E-state index contributed by atoms with van der Waals surface area (Å²) >= 11 is 0. The molecule has 0 amide bonds. The van der Waals surface area contributed by atoms with Crippen LogP contribution in [-0.4, -0.2) is 17.8 Å². The fraction of sp³-hybridized carbons (Fsp3) is 0.611. The Hall–Kier alpha value is -1.53. The maximum Gasteiger partial charge on any atom is 0.119 e. The topological polar surface area (TPSA) is 53.2 Å². The van der Waals surface area contributed by atoms with E-state index in [2.05, 4.69) is 19.1 Å². The van der Waals surface area contributed by atoms with Crippen molar-refractivity contribution in [2.24, 2.45) is 11.3 Å². The van der Waals surface area contributed by atoms with Crippen molar-refractivity contribution >= 4 is 0 Å². The van der Waals surface area contributed by atoms with E-state index in [1.54, 1.807) is 7.11 Å². The second kappa shape index (κ2) is 5.03. The Balaban J connectivity index is 1.95. The Morgan fingerprint density at radius 3 is 2.76 bits per heavy atom. The highest BCUT2D eigenvalue weighted by Gasteiger charge is 2.54. The largest absolute Gasteiger partial charge is 0.497 e. The van der Waals surface area contributed by atoms with E-state index in [-0.39, 0.29) is 0 Å². The van der Waals surface area contributed by atoms with Crippen LogP contribution in [0.2, 0.25) is 0 Å². The summed E-state index contributed by atoms with van der Waals surface area (Å²) in [5.74, 6) is 1.35. The summed E-state index contributed by atoms with van der Waals surface area (Å²) in [5.41, 5.74) is 0.941. The predicted octanol–water partition coefficient (Wildman–Crippen LogP) is 3.24. The van der Waals surface area contributed by atoms with Crippen molar-refractivity contribution in [1.82, 2.24) is 0 Å². The van der Waals surface area contributed by atoms with Crippen LogP contribution < -0.4 is 4.74 Å². The van der Waals surface area contributed by atoms with Gasteiger partial charge in [-0.2, -0.15) is 5.26 Å². The Morgan fingerprint density at radius 1 is 1.33 bits per heavy atom. The molecule has 3 rings (SSSR count). The van der Waals surface area contributed by atoms with E-state index >= 15 is 0 Å². The van der Waals surface area contributed by atoms with E-state index in [1.807, 2.05) is 12.1 Å². The lowest BCUT2D eigenvalue weighted by Gasteiger charge is -2.44. The second-order valence-electron chi connectivity index (χ2n) is 6.88. The molecule has 0 aliphatic heterocycles. The lowest BCUT2D eigenvalue weighted by Crippen LogP contribution is -2.50. The highest BCUT2D eigenvalue weighted by atomic mass is 16.5. The normalized spacial score (nSPS) is 35.0. The zero-order chi connectivity index (χ0) is 15.1. The zero-order valence-corrected chi connectivity index (χ0v) is 12.9. The van der Waals surface area contributed by atoms with Crippen molar-refractivity contribution in [3.8, 4) is 11.8 Å². The molecular weight excluding hydrogens is 262 g/mol. The molecule has 3 unspecified atom stereocenters. The van der Waals surface area contributed by atoms with Crippen LogP contribution in [0.4, 0.5) is 0 Å². The van der Waals surface area contributed by atoms with Gasteiger partial charge in [0.05, 0.1) is 24.2 Å². The molecule has 3 heteroatoms. The molecule has 0 bridgehead atoms. The first-order valence-corrected chi connectivity index (χ1v) is 7.81. The van der Waals surface area contributed by atoms with Crippen LogP contribution in [0.25, 0.3) is 0 Å². The number of rotatable bonds is 2. The lowest BCUT2D eigenvalue weighted by atomic mass is 9.63. The summed E-state index contributed by atoms with van der Waals surface area (Å²) in [6.45, 7) is 2.18. The quantitative estimate of drug-likeness (QED) is 0.907. The van der Waals surface area contributed by atoms with Crippen LogP contribution >= 0.6 is 0 Å². The number of benzene rings is 1. The molecule has 1 aromatic rings. The predicted molar refractivity (Wildman–Crippen MR) is 81.0 cm³/mol. The van der Waals surface area contributed by atoms with Gasteiger partial charge in [-0.15, -0.1) is 0 Å². The molecule has 2 aliphatic rings. The molecule has 1 fully saturated rings. The summed E-state index contributed by atoms with van der Waals surface area (Å²) in [4.78, 5) is 0. The van der Waals surface area contributed by atoms with Crippen LogP contribution in [0.15, 0.2) is 18.2 Å². The van der Waals surface area contributed by atoms with E-state index in [9.17, 15) is 10.4 Å². The third kappa shape index (κ3) is 2.22. The van der Waals surface area contributed by atoms with E-state index in [1.165, 1.54) is 5.56 Å². The highest BCUT2D eigenvalue weighted by molar-refractivity contribution is 5.40. The van der Waals surface area contributed by atoms with Gasteiger partial charge >= 0.3 is 0 Å². The maximum absolute atomic E-state index is 11.3. The summed E-state index contributed by atoms with van der Waals surface area (Å²) < 4.78 is 5.30. The van der Waals surface area contributed by atoms with Gasteiger partial charge in [0.15, 0.2) is 0 Å². The maximum atomic E-state index is 11.3. The van der Waals surface area contributed by atoms with Gasteiger partial charge in [0, 0.05) is 6.42 Å². The Bertz CT molecular complexity index is 591. The molecule has 0 aromatic heterocycles. The van der Waals surface area contributed by atoms with E-state index in [0.717, 1.165) is 37.0 Å². The minimum atomic E-state index is -0.897. The number of methoxy groups -OCH3 is 1. The van der Waals surface area contributed by atoms with E-state index < -0.39 is 11.0 Å². The monoisotopic (exact) mass is 285 g/mol. The van der Waals surface area contributed by atoms with Crippen molar-refractivity contribution in [2.75, 3.05) is 7.11 Å². The van der Waals surface area contributed by atoms with E-state index in [4.69, 9.17) is 4.74 Å². The molecular formula is C18H23NO2. The SMILES string of the molecule is COc1ccc2c(c1)CC(O)(C1(C#N)CCC(C)C1)CC2. The molecule has 0 heterocycles. The number of nitriles is 1. The zero-order valence-electron chi connectivity index (χ0n) is 12.9. The Morgan fingerprint density at radius 2 is 2.14 bits per heavy atom. The average Bonchev–Trinajstić information content (AvgIpc) is 2.89. The van der Waals surface area contributed by atoms with E-state index in [0.29, 0.717) is 18.8 Å². The first-order valence-electron chi connectivity index (χ1n) is 7.81. The number of aryl methyl sites for hydroxylation is 1. The molecule has 0 radical (unpaired) electrons. The van der Waals surface area contributed by atoms with Gasteiger partial charge in [-0.1, -0.05) is 13.0 Å². The molecule has 1 saturated carbocycles. The van der Waals surface area contributed by atoms with Gasteiger partial charge in [0.25, 0.3) is 0 Å². The number of aliphatic hydroxyl groups is 1. The number of fused-ring (bicyclic) bond motifs is 1. The second-order valence-corrected chi connectivity index (χ2v) is 6.88. The van der Waals surface area contributed by atoms with Crippen molar-refractivity contribution in [2.45, 2.75) is 51.0 Å². The smallest absolute Gasteiger partial charge is 0.119 e. The standard InChI is InChI=1S/C18H23NO2/c1-13-5-7-17(10-13,12-19)18(20)8-6-14-3-4-16(21-2)9-15(14)11-18/h3-4,9,13,20H,5-8,10-11H2,1-2H3. The van der Waals surface area contributed by atoms with Gasteiger partial charge in [0.1, 0.15) is 5.75 Å². The van der Waals surface area contributed by atoms with Crippen molar-refractivity contribution < 1.29 is 9.84 Å². The number of hydrogen-bond acceptors (Lipinski definition) is 3. The van der Waals surface area contributed by atoms with Crippen molar-refractivity contribution in [1.29, 1.82) is 5.26 Å². The lowest BCUT2D eigenvalue weighted by molar-refractivity contribution is -0.0649. The van der Waals surface area contributed by atoms with Crippen LogP contribution in [0.5, 0.6) is 5.75 Å². The Kier molecular flexibility index (Phi) is 3.45. The van der Waals surface area contributed by atoms with Crippen LogP contribution in [-0.2, 0) is 12.8 Å². The molecule has 1 aromatic carbocycles. The van der Waals surface area contributed by atoms with Crippen molar-refractivity contribution in [3.63, 3.8) is 0 Å². The van der Waals surface area contributed by atoms with Crippen LogP contribution in [0, 0.1) is 22.7 Å². The van der Waals surface area contributed by atoms with Gasteiger partial charge in [-0.3, -0.25) is 0 Å². The third-order valence-electron chi connectivity index (χ3n) is 5.57. The van der Waals surface area contributed by atoms with Gasteiger partial charge in [-0.05, 0) is 61.3 Å². The molecule has 1 N–H and O–H groups in total. The number of hydrogen-bond donors (Lipinski definition) is 1. The highest BCUT2D eigenvalue weighted by Crippen LogP contribution is 2.53. The van der Waals surface area contributed by atoms with Crippen LogP contribution in [0.3, 0.4) is 0 Å². The minimum Gasteiger partial charge on any atom is -0.497 e. The van der Waals surface area contributed by atoms with Gasteiger partial charge < -0.3 is 9.84 Å². The van der Waals surface area contributed by atoms with Crippen molar-refractivity contribution in [3.05, 3.63) is 29.3 Å². The summed E-state index contributed by atoms with van der Waals surface area (Å²) in [6.07, 6.45) is 4.78. The molecule has 21 heavy (non-hydrogen) atoms. The van der Waals surface area contributed by atoms with Gasteiger partial charge in [-0.25, -0.2) is 0 Å². The molecule has 3 atom stereocenters. The Labute approximate surface area is 126 Å². The first-order chi connectivity index (χ1) is 10.0. The third-order valence-corrected chi connectivity index (χ3v) is 5.57. The molecule has 0 spiro atoms. The minimum absolute atomic E-state index is 0.528. The molecule has 3 nitrogen and oxygen atoms in total. The number of ether oxygens (including phenoxy) is 1. The summed E-state index contributed by atoms with van der Waals surface area (Å²) in [6, 6.07) is 8.57. The molecule has 112 valence electrons. The van der Waals surface area contributed by atoms with Gasteiger partial charge in [0.2, 0.25) is 0 Å². The fourth-order valence-electron chi connectivity index (χ4n) is 4.21. The number of nitrogens with zero attached hydrogens (tertiary/aromatic N) is 1. The molecule has 0 saturated heterocycles. The molecule has 2 aliphatic carbocycles. The summed E-state index contributed by atoms with van der Waals surface area (Å²) in [5, 5.41) is 21.1. The average molecular weight is 285 g/mol. The fourth-order valence-corrected chi connectivity index (χ4v) is 4.21. The van der Waals surface area contributed by atoms with Crippen LogP contribution in [0.1, 0.15) is 43.7 Å².